The summed E-state index contributed by atoms with van der Waals surface area (Å²) in [6, 6.07) is 10.0. The third-order valence-corrected chi connectivity index (χ3v) is 4.57. The molecule has 0 aliphatic carbocycles. The number of carbonyl (C=O) groups is 1. The molecule has 4 nitrogen and oxygen atoms in total. The summed E-state index contributed by atoms with van der Waals surface area (Å²) in [5.41, 5.74) is 0. The number of nitrogens with zero attached hydrogens (tertiary/aromatic N) is 1. The molecule has 2 rings (SSSR count). The van der Waals surface area contributed by atoms with Crippen molar-refractivity contribution in [3.8, 4) is 0 Å². The fourth-order valence-corrected chi connectivity index (χ4v) is 3.13. The zero-order valence-electron chi connectivity index (χ0n) is 13.0. The predicted octanol–water partition coefficient (Wildman–Crippen LogP) is 2.85. The van der Waals surface area contributed by atoms with Gasteiger partial charge in [0.05, 0.1) is 5.75 Å². The predicted molar refractivity (Wildman–Crippen MR) is 90.9 cm³/mol. The first-order valence-electron chi connectivity index (χ1n) is 7.48. The van der Waals surface area contributed by atoms with Gasteiger partial charge in [-0.3, -0.25) is 4.79 Å². The van der Waals surface area contributed by atoms with Gasteiger partial charge in [-0.2, -0.15) is 0 Å². The van der Waals surface area contributed by atoms with Crippen molar-refractivity contribution in [2.24, 2.45) is 5.92 Å². The van der Waals surface area contributed by atoms with Crippen LogP contribution in [0.15, 0.2) is 41.6 Å². The Hall–Kier alpha value is -1.59. The van der Waals surface area contributed by atoms with Gasteiger partial charge in [0, 0.05) is 24.2 Å². The number of pyridine rings is 1. The summed E-state index contributed by atoms with van der Waals surface area (Å²) in [6.07, 6.45) is 2.35. The number of hydrogen-bond acceptors (Lipinski definition) is 4. The van der Waals surface area contributed by atoms with Crippen LogP contribution < -0.4 is 5.32 Å². The molecule has 0 spiro atoms. The highest BCUT2D eigenvalue weighted by molar-refractivity contribution is 8.00. The molecule has 1 atom stereocenters. The van der Waals surface area contributed by atoms with Crippen LogP contribution >= 0.6 is 11.8 Å². The van der Waals surface area contributed by atoms with Crippen molar-refractivity contribution in [3.63, 3.8) is 0 Å². The second-order valence-corrected chi connectivity index (χ2v) is 6.52. The number of thioether (sulfide) groups is 1. The number of aliphatic hydroxyl groups is 1. The van der Waals surface area contributed by atoms with Crippen molar-refractivity contribution >= 4 is 28.4 Å². The summed E-state index contributed by atoms with van der Waals surface area (Å²) in [4.78, 5) is 16.5. The molecular weight excluding hydrogens is 296 g/mol. The largest absolute Gasteiger partial charge is 0.396 e. The van der Waals surface area contributed by atoms with E-state index in [9.17, 15) is 4.79 Å². The normalized spacial score (nSPS) is 12.5. The Morgan fingerprint density at radius 2 is 2.09 bits per heavy atom. The molecule has 1 aromatic carbocycles. The molecule has 0 saturated carbocycles. The molecule has 2 aromatic rings. The lowest BCUT2D eigenvalue weighted by Crippen LogP contribution is -2.40. The van der Waals surface area contributed by atoms with Gasteiger partial charge in [-0.15, -0.1) is 0 Å². The quantitative estimate of drug-likeness (QED) is 0.771. The molecule has 22 heavy (non-hydrogen) atoms. The first-order chi connectivity index (χ1) is 10.6. The van der Waals surface area contributed by atoms with Gasteiger partial charge >= 0.3 is 0 Å². The molecule has 118 valence electrons. The summed E-state index contributed by atoms with van der Waals surface area (Å²) in [5.74, 6) is 0.610. The molecular formula is C17H22N2O2S. The number of aliphatic hydroxyl groups excluding tert-OH is 1. The Morgan fingerprint density at radius 1 is 1.32 bits per heavy atom. The zero-order valence-corrected chi connectivity index (χ0v) is 13.8. The van der Waals surface area contributed by atoms with Crippen LogP contribution in [0.1, 0.15) is 20.3 Å². The van der Waals surface area contributed by atoms with E-state index in [-0.39, 0.29) is 18.6 Å². The highest BCUT2D eigenvalue weighted by Crippen LogP contribution is 2.25. The molecule has 5 heteroatoms. The Balaban J connectivity index is 1.98. The molecule has 1 heterocycles. The lowest BCUT2D eigenvalue weighted by atomic mass is 10.0. The first-order valence-corrected chi connectivity index (χ1v) is 8.47. The van der Waals surface area contributed by atoms with E-state index < -0.39 is 0 Å². The number of rotatable bonds is 7. The second-order valence-electron chi connectivity index (χ2n) is 5.56. The summed E-state index contributed by atoms with van der Waals surface area (Å²) in [6.45, 7) is 4.17. The summed E-state index contributed by atoms with van der Waals surface area (Å²) in [7, 11) is 0. The van der Waals surface area contributed by atoms with E-state index in [2.05, 4.69) is 10.3 Å². The highest BCUT2D eigenvalue weighted by Gasteiger charge is 2.16. The van der Waals surface area contributed by atoms with Crippen LogP contribution in [0.25, 0.3) is 10.8 Å². The number of fused-ring (bicyclic) bond motifs is 1. The summed E-state index contributed by atoms with van der Waals surface area (Å²) in [5, 5.41) is 15.1. The molecule has 1 amide bonds. The molecule has 0 aliphatic heterocycles. The number of nitrogens with one attached hydrogen (secondary N) is 1. The molecule has 2 N–H and O–H groups in total. The summed E-state index contributed by atoms with van der Waals surface area (Å²) >= 11 is 1.44. The lowest BCUT2D eigenvalue weighted by molar-refractivity contribution is -0.119. The molecule has 0 aliphatic rings. The van der Waals surface area contributed by atoms with Crippen LogP contribution in [0.2, 0.25) is 0 Å². The van der Waals surface area contributed by atoms with Crippen LogP contribution in [0.4, 0.5) is 0 Å². The minimum atomic E-state index is -0.0214. The number of amides is 1. The third-order valence-electron chi connectivity index (χ3n) is 3.57. The fourth-order valence-electron chi connectivity index (χ4n) is 2.30. The van der Waals surface area contributed by atoms with E-state index in [1.807, 2.05) is 44.2 Å². The summed E-state index contributed by atoms with van der Waals surface area (Å²) < 4.78 is 0. The average molecular weight is 318 g/mol. The molecule has 1 unspecified atom stereocenters. The fraction of sp³-hybridized carbons (Fsp3) is 0.412. The van der Waals surface area contributed by atoms with Crippen molar-refractivity contribution < 1.29 is 9.90 Å². The van der Waals surface area contributed by atoms with Crippen LogP contribution in [-0.2, 0) is 4.79 Å². The van der Waals surface area contributed by atoms with Crippen LogP contribution in [-0.4, -0.2) is 34.4 Å². The Labute approximate surface area is 135 Å². The first kappa shape index (κ1) is 16.8. The Kier molecular flexibility index (Phi) is 6.21. The number of aromatic nitrogens is 1. The van der Waals surface area contributed by atoms with Crippen molar-refractivity contribution in [1.82, 2.24) is 10.3 Å². The molecule has 0 saturated heterocycles. The maximum absolute atomic E-state index is 12.1. The van der Waals surface area contributed by atoms with Gasteiger partial charge in [0.1, 0.15) is 5.03 Å². The van der Waals surface area contributed by atoms with Gasteiger partial charge in [-0.05, 0) is 23.8 Å². The van der Waals surface area contributed by atoms with Crippen LogP contribution in [0, 0.1) is 5.92 Å². The van der Waals surface area contributed by atoms with E-state index in [1.54, 1.807) is 6.20 Å². The topological polar surface area (TPSA) is 62.2 Å². The van der Waals surface area contributed by atoms with Gasteiger partial charge in [-0.1, -0.05) is 49.9 Å². The maximum Gasteiger partial charge on any atom is 0.230 e. The van der Waals surface area contributed by atoms with Gasteiger partial charge < -0.3 is 10.4 Å². The Morgan fingerprint density at radius 3 is 2.82 bits per heavy atom. The monoisotopic (exact) mass is 318 g/mol. The standard InChI is InChI=1S/C17H22N2O2S/c1-12(2)15(8-10-20)19-16(21)11-22-17-14-6-4-3-5-13(14)7-9-18-17/h3-7,9,12,15,20H,8,10-11H2,1-2H3,(H,19,21). The van der Waals surface area contributed by atoms with Crippen molar-refractivity contribution in [1.29, 1.82) is 0 Å². The van der Waals surface area contributed by atoms with Crippen LogP contribution in [0.5, 0.6) is 0 Å². The number of carbonyl (C=O) groups excluding carboxylic acids is 1. The molecule has 0 fully saturated rings. The second kappa shape index (κ2) is 8.15. The minimum absolute atomic E-state index is 0.0126. The van der Waals surface area contributed by atoms with E-state index in [0.29, 0.717) is 18.1 Å². The molecule has 1 aromatic heterocycles. The molecule has 0 bridgehead atoms. The van der Waals surface area contributed by atoms with Crippen LogP contribution in [0.3, 0.4) is 0 Å². The SMILES string of the molecule is CC(C)C(CCO)NC(=O)CSc1nccc2ccccc12. The third kappa shape index (κ3) is 4.45. The van der Waals surface area contributed by atoms with E-state index in [1.165, 1.54) is 11.8 Å². The van der Waals surface area contributed by atoms with Gasteiger partial charge in [-0.25, -0.2) is 4.98 Å². The van der Waals surface area contributed by atoms with Gasteiger partial charge in [0.25, 0.3) is 0 Å². The van der Waals surface area contributed by atoms with E-state index in [4.69, 9.17) is 5.11 Å². The van der Waals surface area contributed by atoms with Crippen molar-refractivity contribution in [2.45, 2.75) is 31.3 Å². The smallest absolute Gasteiger partial charge is 0.230 e. The van der Waals surface area contributed by atoms with Crippen molar-refractivity contribution in [3.05, 3.63) is 36.5 Å². The Bertz CT molecular complexity index is 626. The van der Waals surface area contributed by atoms with Gasteiger partial charge in [0.2, 0.25) is 5.91 Å². The average Bonchev–Trinajstić information content (AvgIpc) is 2.52. The zero-order chi connectivity index (χ0) is 15.9. The van der Waals surface area contributed by atoms with E-state index in [0.717, 1.165) is 15.8 Å². The lowest BCUT2D eigenvalue weighted by Gasteiger charge is -2.21. The highest BCUT2D eigenvalue weighted by atomic mass is 32.2. The molecule has 0 radical (unpaired) electrons. The number of hydrogen-bond donors (Lipinski definition) is 2. The number of benzene rings is 1. The maximum atomic E-state index is 12.1. The van der Waals surface area contributed by atoms with E-state index >= 15 is 0 Å². The van der Waals surface area contributed by atoms with Gasteiger partial charge in [0.15, 0.2) is 0 Å². The van der Waals surface area contributed by atoms with Crippen molar-refractivity contribution in [2.75, 3.05) is 12.4 Å². The minimum Gasteiger partial charge on any atom is -0.396 e.